The number of benzene rings is 2. The quantitative estimate of drug-likeness (QED) is 0.322. The maximum atomic E-state index is 12.6. The molecule has 170 valence electrons. The van der Waals surface area contributed by atoms with Crippen molar-refractivity contribution < 1.29 is 23.9 Å². The fourth-order valence-corrected chi connectivity index (χ4v) is 2.77. The van der Waals surface area contributed by atoms with Crippen molar-refractivity contribution in [3.8, 4) is 5.75 Å². The molecule has 2 N–H and O–H groups in total. The summed E-state index contributed by atoms with van der Waals surface area (Å²) >= 11 is 5.85. The van der Waals surface area contributed by atoms with Crippen molar-refractivity contribution in [1.29, 1.82) is 0 Å². The first-order valence-corrected chi connectivity index (χ1v) is 10.3. The SMILES string of the molecule is COC(=O)COc1ccc(/C=N/NC(=O)C(CC(C)C)NC(=O)c2ccc(Cl)cc2)cc1. The zero-order chi connectivity index (χ0) is 23.5. The molecule has 0 aliphatic carbocycles. The number of esters is 1. The monoisotopic (exact) mass is 459 g/mol. The number of methoxy groups -OCH3 is 1. The van der Waals surface area contributed by atoms with E-state index >= 15 is 0 Å². The fraction of sp³-hybridized carbons (Fsp3) is 0.304. The van der Waals surface area contributed by atoms with Crippen LogP contribution in [0.25, 0.3) is 0 Å². The molecule has 2 aromatic carbocycles. The van der Waals surface area contributed by atoms with Crippen LogP contribution in [-0.4, -0.2) is 43.8 Å². The van der Waals surface area contributed by atoms with Crippen molar-refractivity contribution in [2.24, 2.45) is 11.0 Å². The second kappa shape index (κ2) is 12.5. The Kier molecular flexibility index (Phi) is 9.69. The Hall–Kier alpha value is -3.39. The van der Waals surface area contributed by atoms with E-state index in [-0.39, 0.29) is 18.4 Å². The molecule has 1 unspecified atom stereocenters. The number of carbonyl (C=O) groups excluding carboxylic acids is 3. The van der Waals surface area contributed by atoms with E-state index in [1.165, 1.54) is 13.3 Å². The summed E-state index contributed by atoms with van der Waals surface area (Å²) in [6.07, 6.45) is 1.92. The maximum absolute atomic E-state index is 12.6. The molecule has 0 aromatic heterocycles. The molecule has 0 heterocycles. The Bertz CT molecular complexity index is 943. The van der Waals surface area contributed by atoms with Gasteiger partial charge in [0.25, 0.3) is 11.8 Å². The van der Waals surface area contributed by atoms with Crippen molar-refractivity contribution >= 4 is 35.6 Å². The molecule has 0 bridgehead atoms. The predicted molar refractivity (Wildman–Crippen MR) is 122 cm³/mol. The zero-order valence-corrected chi connectivity index (χ0v) is 18.9. The summed E-state index contributed by atoms with van der Waals surface area (Å²) < 4.78 is 9.78. The third-order valence-corrected chi connectivity index (χ3v) is 4.54. The number of rotatable bonds is 10. The van der Waals surface area contributed by atoms with Gasteiger partial charge < -0.3 is 14.8 Å². The van der Waals surface area contributed by atoms with Gasteiger partial charge in [-0.3, -0.25) is 9.59 Å². The van der Waals surface area contributed by atoms with Gasteiger partial charge in [-0.05, 0) is 66.4 Å². The Balaban J connectivity index is 1.94. The lowest BCUT2D eigenvalue weighted by Gasteiger charge is -2.19. The second-order valence-electron chi connectivity index (χ2n) is 7.33. The van der Waals surface area contributed by atoms with Crippen molar-refractivity contribution in [2.45, 2.75) is 26.3 Å². The van der Waals surface area contributed by atoms with Crippen molar-refractivity contribution in [3.05, 3.63) is 64.7 Å². The summed E-state index contributed by atoms with van der Waals surface area (Å²) in [5.41, 5.74) is 3.59. The number of ether oxygens (including phenoxy) is 2. The molecule has 1 atom stereocenters. The van der Waals surface area contributed by atoms with E-state index in [1.807, 2.05) is 13.8 Å². The third-order valence-electron chi connectivity index (χ3n) is 4.29. The fourth-order valence-electron chi connectivity index (χ4n) is 2.65. The van der Waals surface area contributed by atoms with E-state index in [9.17, 15) is 14.4 Å². The van der Waals surface area contributed by atoms with Crippen LogP contribution in [0.15, 0.2) is 53.6 Å². The van der Waals surface area contributed by atoms with Crippen molar-refractivity contribution in [3.63, 3.8) is 0 Å². The zero-order valence-electron chi connectivity index (χ0n) is 18.1. The topological polar surface area (TPSA) is 106 Å². The smallest absolute Gasteiger partial charge is 0.343 e. The molecule has 0 aliphatic rings. The van der Waals surface area contributed by atoms with E-state index in [0.29, 0.717) is 28.3 Å². The largest absolute Gasteiger partial charge is 0.482 e. The van der Waals surface area contributed by atoms with Gasteiger partial charge in [-0.25, -0.2) is 10.2 Å². The van der Waals surface area contributed by atoms with Crippen LogP contribution in [0.4, 0.5) is 0 Å². The number of nitrogens with one attached hydrogen (secondary N) is 2. The van der Waals surface area contributed by atoms with Gasteiger partial charge in [-0.15, -0.1) is 0 Å². The van der Waals surface area contributed by atoms with Crippen LogP contribution < -0.4 is 15.5 Å². The standard InChI is InChI=1S/C23H26ClN3O5/c1-15(2)12-20(26-22(29)17-6-8-18(24)9-7-17)23(30)27-25-13-16-4-10-19(11-5-16)32-14-21(28)31-3/h4-11,13,15,20H,12,14H2,1-3H3,(H,26,29)(H,27,30)/b25-13+. The molecular formula is C23H26ClN3O5. The van der Waals surface area contributed by atoms with Gasteiger partial charge in [0.2, 0.25) is 0 Å². The average molecular weight is 460 g/mol. The number of hydrogen-bond donors (Lipinski definition) is 2. The molecule has 2 rings (SSSR count). The highest BCUT2D eigenvalue weighted by molar-refractivity contribution is 6.30. The second-order valence-corrected chi connectivity index (χ2v) is 7.77. The average Bonchev–Trinajstić information content (AvgIpc) is 2.77. The van der Waals surface area contributed by atoms with Crippen LogP contribution in [0.2, 0.25) is 5.02 Å². The van der Waals surface area contributed by atoms with Gasteiger partial charge >= 0.3 is 5.97 Å². The summed E-state index contributed by atoms with van der Waals surface area (Å²) in [5, 5.41) is 7.24. The minimum Gasteiger partial charge on any atom is -0.482 e. The van der Waals surface area contributed by atoms with Crippen LogP contribution in [0.3, 0.4) is 0 Å². The van der Waals surface area contributed by atoms with Crippen LogP contribution in [0.5, 0.6) is 5.75 Å². The number of carbonyl (C=O) groups is 3. The Labute approximate surface area is 191 Å². The minimum atomic E-state index is -0.746. The van der Waals surface area contributed by atoms with Crippen LogP contribution in [0.1, 0.15) is 36.2 Å². The number of hydrogen-bond acceptors (Lipinski definition) is 6. The molecule has 8 nitrogen and oxygen atoms in total. The lowest BCUT2D eigenvalue weighted by atomic mass is 10.0. The molecular weight excluding hydrogens is 434 g/mol. The number of hydrazone groups is 1. The Morgan fingerprint density at radius 3 is 2.31 bits per heavy atom. The van der Waals surface area contributed by atoms with Gasteiger partial charge in [0.1, 0.15) is 11.8 Å². The molecule has 32 heavy (non-hydrogen) atoms. The first-order chi connectivity index (χ1) is 15.3. The van der Waals surface area contributed by atoms with E-state index in [2.05, 4.69) is 20.6 Å². The number of halogens is 1. The highest BCUT2D eigenvalue weighted by Crippen LogP contribution is 2.12. The number of nitrogens with zero attached hydrogens (tertiary/aromatic N) is 1. The summed E-state index contributed by atoms with van der Waals surface area (Å²) in [7, 11) is 1.29. The van der Waals surface area contributed by atoms with E-state index < -0.39 is 17.9 Å². The third kappa shape index (κ3) is 8.39. The van der Waals surface area contributed by atoms with Crippen LogP contribution in [-0.2, 0) is 14.3 Å². The highest BCUT2D eigenvalue weighted by atomic mass is 35.5. The molecule has 0 spiro atoms. The lowest BCUT2D eigenvalue weighted by molar-refractivity contribution is -0.142. The Morgan fingerprint density at radius 1 is 1.06 bits per heavy atom. The van der Waals surface area contributed by atoms with Gasteiger partial charge in [-0.2, -0.15) is 5.10 Å². The van der Waals surface area contributed by atoms with E-state index in [4.69, 9.17) is 16.3 Å². The summed E-state index contributed by atoms with van der Waals surface area (Å²) in [4.78, 5) is 36.2. The van der Waals surface area contributed by atoms with Crippen LogP contribution >= 0.6 is 11.6 Å². The molecule has 0 saturated heterocycles. The molecule has 0 aliphatic heterocycles. The van der Waals surface area contributed by atoms with Crippen LogP contribution in [0, 0.1) is 5.92 Å². The molecule has 2 aromatic rings. The van der Waals surface area contributed by atoms with E-state index in [1.54, 1.807) is 48.5 Å². The number of amides is 2. The first-order valence-electron chi connectivity index (χ1n) is 9.97. The molecule has 0 fully saturated rings. The molecule has 0 saturated carbocycles. The van der Waals surface area contributed by atoms with Crippen molar-refractivity contribution in [1.82, 2.24) is 10.7 Å². The molecule has 9 heteroatoms. The summed E-state index contributed by atoms with van der Waals surface area (Å²) in [6.45, 7) is 3.74. The molecule has 0 radical (unpaired) electrons. The van der Waals surface area contributed by atoms with Gasteiger partial charge in [0.15, 0.2) is 6.61 Å². The van der Waals surface area contributed by atoms with Gasteiger partial charge in [0.05, 0.1) is 13.3 Å². The Morgan fingerprint density at radius 2 is 1.72 bits per heavy atom. The normalized spacial score (nSPS) is 11.8. The summed E-state index contributed by atoms with van der Waals surface area (Å²) in [6, 6.07) is 12.4. The highest BCUT2D eigenvalue weighted by Gasteiger charge is 2.22. The van der Waals surface area contributed by atoms with Crippen molar-refractivity contribution in [2.75, 3.05) is 13.7 Å². The first kappa shape index (κ1) is 24.9. The van der Waals surface area contributed by atoms with Gasteiger partial charge in [-0.1, -0.05) is 25.4 Å². The maximum Gasteiger partial charge on any atom is 0.343 e. The predicted octanol–water partition coefficient (Wildman–Crippen LogP) is 3.19. The lowest BCUT2D eigenvalue weighted by Crippen LogP contribution is -2.46. The summed E-state index contributed by atoms with van der Waals surface area (Å²) in [5.74, 6) is -0.585. The molecule has 2 amide bonds. The minimum absolute atomic E-state index is 0.179. The van der Waals surface area contributed by atoms with Gasteiger partial charge in [0, 0.05) is 10.6 Å². The van der Waals surface area contributed by atoms with E-state index in [0.717, 1.165) is 0 Å².